The summed E-state index contributed by atoms with van der Waals surface area (Å²) in [5, 5.41) is 21.4. The molecule has 6 nitrogen and oxygen atoms in total. The van der Waals surface area contributed by atoms with E-state index in [1.165, 1.54) is 11.3 Å². The van der Waals surface area contributed by atoms with Crippen LogP contribution in [0.4, 0.5) is 0 Å². The molecule has 1 rings (SSSR count). The second kappa shape index (κ2) is 5.45. The number of carbonyl (C=O) groups excluding carboxylic acids is 1. The summed E-state index contributed by atoms with van der Waals surface area (Å²) in [6, 6.07) is 0. The topological polar surface area (TPSA) is 99.5 Å². The first kappa shape index (κ1) is 14.6. The summed E-state index contributed by atoms with van der Waals surface area (Å²) in [6.45, 7) is 4.45. The van der Waals surface area contributed by atoms with Crippen LogP contribution in [0.3, 0.4) is 0 Å². The van der Waals surface area contributed by atoms with E-state index in [1.807, 2.05) is 6.92 Å². The molecule has 7 heteroatoms. The first-order valence-electron chi connectivity index (χ1n) is 5.48. The molecule has 0 fully saturated rings. The number of aromatic nitrogens is 1. The van der Waals surface area contributed by atoms with Crippen molar-refractivity contribution in [2.24, 2.45) is 0 Å². The normalized spacial score (nSPS) is 14.0. The van der Waals surface area contributed by atoms with Crippen molar-refractivity contribution < 1.29 is 19.8 Å². The molecule has 1 heterocycles. The van der Waals surface area contributed by atoms with Gasteiger partial charge in [-0.1, -0.05) is 6.92 Å². The van der Waals surface area contributed by atoms with E-state index in [0.717, 1.165) is 18.4 Å². The van der Waals surface area contributed by atoms with Crippen LogP contribution in [0.2, 0.25) is 0 Å². The van der Waals surface area contributed by atoms with Crippen molar-refractivity contribution in [1.82, 2.24) is 10.3 Å². The van der Waals surface area contributed by atoms with Crippen molar-refractivity contribution in [1.29, 1.82) is 0 Å². The Morgan fingerprint density at radius 3 is 2.56 bits per heavy atom. The Kier molecular flexibility index (Phi) is 4.42. The van der Waals surface area contributed by atoms with Gasteiger partial charge in [0.1, 0.15) is 4.88 Å². The molecule has 0 aliphatic rings. The summed E-state index contributed by atoms with van der Waals surface area (Å²) < 4.78 is 0. The molecule has 18 heavy (non-hydrogen) atoms. The summed E-state index contributed by atoms with van der Waals surface area (Å²) in [6.07, 6.45) is 0.742. The van der Waals surface area contributed by atoms with Gasteiger partial charge in [0.05, 0.1) is 17.2 Å². The maximum absolute atomic E-state index is 11.8. The molecule has 3 N–H and O–H groups in total. The number of carbonyl (C=O) groups is 2. The zero-order chi connectivity index (χ0) is 13.9. The van der Waals surface area contributed by atoms with Gasteiger partial charge in [-0.05, 0) is 20.3 Å². The first-order valence-corrected chi connectivity index (χ1v) is 6.30. The van der Waals surface area contributed by atoms with Gasteiger partial charge in [0.2, 0.25) is 0 Å². The second-order valence-corrected chi connectivity index (χ2v) is 5.22. The molecule has 0 saturated heterocycles. The minimum atomic E-state index is -1.97. The fraction of sp³-hybridized carbons (Fsp3) is 0.545. The van der Waals surface area contributed by atoms with Crippen LogP contribution in [-0.2, 0) is 11.2 Å². The lowest BCUT2D eigenvalue weighted by molar-refractivity contribution is -0.155. The van der Waals surface area contributed by atoms with Crippen molar-refractivity contribution in [2.45, 2.75) is 32.8 Å². The van der Waals surface area contributed by atoms with Crippen LogP contribution in [0.1, 0.15) is 34.2 Å². The number of hydrogen-bond donors (Lipinski definition) is 3. The Morgan fingerprint density at radius 1 is 1.50 bits per heavy atom. The molecule has 0 aromatic carbocycles. The maximum atomic E-state index is 11.8. The molecule has 0 bridgehead atoms. The number of aliphatic carboxylic acids is 1. The number of carboxylic acids is 1. The maximum Gasteiger partial charge on any atom is 0.337 e. The van der Waals surface area contributed by atoms with Crippen molar-refractivity contribution >= 4 is 23.2 Å². The Balaban J connectivity index is 2.71. The van der Waals surface area contributed by atoms with E-state index < -0.39 is 17.5 Å². The molecule has 100 valence electrons. The van der Waals surface area contributed by atoms with Crippen LogP contribution in [0.25, 0.3) is 0 Å². The molecule has 0 aliphatic carbocycles. The second-order valence-electron chi connectivity index (χ2n) is 4.14. The van der Waals surface area contributed by atoms with Crippen LogP contribution >= 0.6 is 11.3 Å². The van der Waals surface area contributed by atoms with E-state index in [-0.39, 0.29) is 6.54 Å². The van der Waals surface area contributed by atoms with E-state index in [2.05, 4.69) is 10.3 Å². The molecular weight excluding hydrogens is 256 g/mol. The number of amides is 1. The zero-order valence-electron chi connectivity index (χ0n) is 10.5. The lowest BCUT2D eigenvalue weighted by atomic mass is 10.1. The molecule has 0 spiro atoms. The van der Waals surface area contributed by atoms with E-state index in [9.17, 15) is 14.7 Å². The Hall–Kier alpha value is -1.47. The molecule has 1 unspecified atom stereocenters. The molecule has 1 aromatic rings. The largest absolute Gasteiger partial charge is 0.479 e. The quantitative estimate of drug-likeness (QED) is 0.728. The first-order chi connectivity index (χ1) is 8.27. The van der Waals surface area contributed by atoms with Gasteiger partial charge in [-0.15, -0.1) is 11.3 Å². The van der Waals surface area contributed by atoms with Gasteiger partial charge in [0.25, 0.3) is 5.91 Å². The summed E-state index contributed by atoms with van der Waals surface area (Å²) in [5.74, 6) is -1.79. The van der Waals surface area contributed by atoms with Gasteiger partial charge in [-0.25, -0.2) is 9.78 Å². The van der Waals surface area contributed by atoms with Crippen molar-refractivity contribution in [2.75, 3.05) is 6.54 Å². The number of rotatable bonds is 5. The van der Waals surface area contributed by atoms with Crippen molar-refractivity contribution in [3.05, 3.63) is 15.6 Å². The van der Waals surface area contributed by atoms with Gasteiger partial charge in [-0.2, -0.15) is 0 Å². The van der Waals surface area contributed by atoms with Crippen molar-refractivity contribution in [3.63, 3.8) is 0 Å². The van der Waals surface area contributed by atoms with Gasteiger partial charge >= 0.3 is 5.97 Å². The minimum Gasteiger partial charge on any atom is -0.479 e. The number of aryl methyl sites for hydroxylation is 2. The summed E-state index contributed by atoms with van der Waals surface area (Å²) in [4.78, 5) is 27.2. The predicted molar refractivity (Wildman–Crippen MR) is 66.8 cm³/mol. The average Bonchev–Trinajstić information content (AvgIpc) is 2.67. The van der Waals surface area contributed by atoms with Gasteiger partial charge < -0.3 is 15.5 Å². The number of aliphatic hydroxyl groups is 1. The van der Waals surface area contributed by atoms with Gasteiger partial charge in [0.15, 0.2) is 5.60 Å². The molecule has 0 aliphatic heterocycles. The SMILES string of the molecule is CCc1nc(C)c(C(=O)NCC(C)(O)C(=O)O)s1. The van der Waals surface area contributed by atoms with Crippen LogP contribution in [0.15, 0.2) is 0 Å². The highest BCUT2D eigenvalue weighted by molar-refractivity contribution is 7.13. The molecule has 1 atom stereocenters. The molecule has 0 saturated carbocycles. The number of carboxylic acid groups (broad SMARTS) is 1. The van der Waals surface area contributed by atoms with Crippen LogP contribution in [-0.4, -0.2) is 39.2 Å². The highest BCUT2D eigenvalue weighted by Crippen LogP contribution is 2.18. The van der Waals surface area contributed by atoms with Gasteiger partial charge in [0, 0.05) is 0 Å². The summed E-state index contributed by atoms with van der Waals surface area (Å²) in [7, 11) is 0. The average molecular weight is 272 g/mol. The fourth-order valence-electron chi connectivity index (χ4n) is 1.22. The number of thiazole rings is 1. The molecule has 1 amide bonds. The Labute approximate surface area is 109 Å². The highest BCUT2D eigenvalue weighted by atomic mass is 32.1. The number of hydrogen-bond acceptors (Lipinski definition) is 5. The third kappa shape index (κ3) is 3.27. The smallest absolute Gasteiger partial charge is 0.337 e. The number of nitrogens with one attached hydrogen (secondary N) is 1. The van der Waals surface area contributed by atoms with E-state index >= 15 is 0 Å². The standard InChI is InChI=1S/C11H16N2O4S/c1-4-7-13-6(2)8(18-7)9(14)12-5-11(3,17)10(15)16/h17H,4-5H2,1-3H3,(H,12,14)(H,15,16). The fourth-order valence-corrected chi connectivity index (χ4v) is 2.14. The third-order valence-corrected chi connectivity index (χ3v) is 3.70. The third-order valence-electron chi connectivity index (χ3n) is 2.40. The molecule has 0 radical (unpaired) electrons. The Bertz CT molecular complexity index is 468. The monoisotopic (exact) mass is 272 g/mol. The minimum absolute atomic E-state index is 0.347. The summed E-state index contributed by atoms with van der Waals surface area (Å²) in [5.41, 5.74) is -1.36. The lowest BCUT2D eigenvalue weighted by Gasteiger charge is -2.17. The van der Waals surface area contributed by atoms with E-state index in [4.69, 9.17) is 5.11 Å². The predicted octanol–water partition coefficient (Wildman–Crippen LogP) is 0.579. The summed E-state index contributed by atoms with van der Waals surface area (Å²) >= 11 is 1.27. The molecule has 1 aromatic heterocycles. The Morgan fingerprint density at radius 2 is 2.11 bits per heavy atom. The van der Waals surface area contributed by atoms with Gasteiger partial charge in [-0.3, -0.25) is 4.79 Å². The lowest BCUT2D eigenvalue weighted by Crippen LogP contribution is -2.46. The van der Waals surface area contributed by atoms with Crippen LogP contribution in [0, 0.1) is 6.92 Å². The van der Waals surface area contributed by atoms with E-state index in [1.54, 1.807) is 6.92 Å². The molecular formula is C11H16N2O4S. The highest BCUT2D eigenvalue weighted by Gasteiger charge is 2.30. The van der Waals surface area contributed by atoms with Crippen LogP contribution in [0.5, 0.6) is 0 Å². The number of nitrogens with zero attached hydrogens (tertiary/aromatic N) is 1. The van der Waals surface area contributed by atoms with Crippen molar-refractivity contribution in [3.8, 4) is 0 Å². The van der Waals surface area contributed by atoms with E-state index in [0.29, 0.717) is 10.6 Å². The zero-order valence-corrected chi connectivity index (χ0v) is 11.3. The van der Waals surface area contributed by atoms with Crippen LogP contribution < -0.4 is 5.32 Å².